The molecule has 0 saturated heterocycles. The van der Waals surface area contributed by atoms with Crippen molar-refractivity contribution < 1.29 is 14.4 Å². The molecule has 2 atom stereocenters. The van der Waals surface area contributed by atoms with E-state index in [-0.39, 0.29) is 12.0 Å². The Hall–Kier alpha value is -0.940. The van der Waals surface area contributed by atoms with Crippen molar-refractivity contribution in [1.29, 1.82) is 0 Å². The van der Waals surface area contributed by atoms with E-state index in [9.17, 15) is 5.11 Å². The average Bonchev–Trinajstić information content (AvgIpc) is 2.79. The number of rotatable bonds is 5. The number of ether oxygens (including phenoxy) is 1. The molecule has 0 radical (unpaired) electrons. The Morgan fingerprint density at radius 1 is 1.41 bits per heavy atom. The smallest absolute Gasteiger partial charge is 0.232 e. The molecule has 1 fully saturated rings. The number of aliphatic hydroxyl groups is 1. The van der Waals surface area contributed by atoms with Crippen molar-refractivity contribution in [2.24, 2.45) is 0 Å². The van der Waals surface area contributed by atoms with Crippen LogP contribution in [0.15, 0.2) is 4.52 Å². The van der Waals surface area contributed by atoms with E-state index in [4.69, 9.17) is 9.26 Å². The summed E-state index contributed by atoms with van der Waals surface area (Å²) in [6.45, 7) is 0.704. The Morgan fingerprint density at radius 2 is 2.24 bits per heavy atom. The van der Waals surface area contributed by atoms with Crippen molar-refractivity contribution in [1.82, 2.24) is 10.1 Å². The van der Waals surface area contributed by atoms with Gasteiger partial charge in [0.25, 0.3) is 0 Å². The molecular weight excluding hydrogens is 220 g/mol. The van der Waals surface area contributed by atoms with E-state index in [1.54, 1.807) is 7.11 Å². The fraction of sp³-hybridized carbons (Fsp3) is 0.833. The first kappa shape index (κ1) is 12.5. The van der Waals surface area contributed by atoms with Gasteiger partial charge in [-0.3, -0.25) is 0 Å². The highest BCUT2D eigenvalue weighted by molar-refractivity contribution is 4.99. The number of aromatic nitrogens is 2. The Kier molecular flexibility index (Phi) is 4.50. The van der Waals surface area contributed by atoms with Gasteiger partial charge < -0.3 is 14.4 Å². The summed E-state index contributed by atoms with van der Waals surface area (Å²) in [4.78, 5) is 4.36. The van der Waals surface area contributed by atoms with Crippen LogP contribution in [0.3, 0.4) is 0 Å². The van der Waals surface area contributed by atoms with E-state index >= 15 is 0 Å². The number of methoxy groups -OCH3 is 1. The standard InChI is InChI=1S/C12H20N2O3/c1-16-8-4-7-11-13-12(17-14-11)9-5-2-3-6-10(9)15/h9-10,15H,2-8H2,1H3. The van der Waals surface area contributed by atoms with Crippen molar-refractivity contribution in [3.05, 3.63) is 11.7 Å². The summed E-state index contributed by atoms with van der Waals surface area (Å²) in [5, 5.41) is 13.8. The van der Waals surface area contributed by atoms with E-state index in [2.05, 4.69) is 10.1 Å². The molecule has 0 spiro atoms. The lowest BCUT2D eigenvalue weighted by atomic mass is 9.86. The molecule has 5 heteroatoms. The van der Waals surface area contributed by atoms with Crippen LogP contribution < -0.4 is 0 Å². The van der Waals surface area contributed by atoms with Gasteiger partial charge in [-0.1, -0.05) is 18.0 Å². The van der Waals surface area contributed by atoms with Gasteiger partial charge in [0.2, 0.25) is 5.89 Å². The molecule has 1 N–H and O–H groups in total. The van der Waals surface area contributed by atoms with Gasteiger partial charge in [0.05, 0.1) is 12.0 Å². The molecule has 1 aromatic heterocycles. The lowest BCUT2D eigenvalue weighted by Gasteiger charge is -2.24. The minimum absolute atomic E-state index is 0.0347. The second-order valence-corrected chi connectivity index (χ2v) is 4.60. The van der Waals surface area contributed by atoms with Crippen LogP contribution in [0.25, 0.3) is 0 Å². The quantitative estimate of drug-likeness (QED) is 0.793. The summed E-state index contributed by atoms with van der Waals surface area (Å²) >= 11 is 0. The number of hydrogen-bond acceptors (Lipinski definition) is 5. The van der Waals surface area contributed by atoms with Crippen molar-refractivity contribution in [3.63, 3.8) is 0 Å². The average molecular weight is 240 g/mol. The second kappa shape index (κ2) is 6.12. The molecule has 0 aliphatic heterocycles. The maximum atomic E-state index is 9.90. The Labute approximate surface area is 101 Å². The Morgan fingerprint density at radius 3 is 3.00 bits per heavy atom. The van der Waals surface area contributed by atoms with E-state index in [1.165, 1.54) is 0 Å². The van der Waals surface area contributed by atoms with Gasteiger partial charge in [-0.2, -0.15) is 4.98 Å². The third kappa shape index (κ3) is 3.26. The number of aryl methyl sites for hydroxylation is 1. The molecule has 1 saturated carbocycles. The van der Waals surface area contributed by atoms with Gasteiger partial charge in [0.1, 0.15) is 0 Å². The predicted octanol–water partition coefficient (Wildman–Crippen LogP) is 1.67. The molecule has 17 heavy (non-hydrogen) atoms. The van der Waals surface area contributed by atoms with Gasteiger partial charge in [-0.25, -0.2) is 0 Å². The third-order valence-corrected chi connectivity index (χ3v) is 3.28. The minimum Gasteiger partial charge on any atom is -0.392 e. The molecule has 1 aliphatic rings. The highest BCUT2D eigenvalue weighted by Crippen LogP contribution is 2.31. The van der Waals surface area contributed by atoms with Crippen LogP contribution in [-0.4, -0.2) is 35.1 Å². The Balaban J connectivity index is 1.92. The Bertz CT molecular complexity index is 340. The van der Waals surface area contributed by atoms with E-state index < -0.39 is 0 Å². The summed E-state index contributed by atoms with van der Waals surface area (Å²) < 4.78 is 10.2. The zero-order chi connectivity index (χ0) is 12.1. The summed E-state index contributed by atoms with van der Waals surface area (Å²) in [5.74, 6) is 1.35. The third-order valence-electron chi connectivity index (χ3n) is 3.28. The molecule has 1 aromatic rings. The van der Waals surface area contributed by atoms with Gasteiger partial charge in [-0.05, 0) is 19.3 Å². The molecule has 1 heterocycles. The number of nitrogens with zero attached hydrogens (tertiary/aromatic N) is 2. The van der Waals surface area contributed by atoms with Crippen LogP contribution in [0.2, 0.25) is 0 Å². The number of aliphatic hydroxyl groups excluding tert-OH is 1. The van der Waals surface area contributed by atoms with Crippen molar-refractivity contribution in [2.45, 2.75) is 50.5 Å². The van der Waals surface area contributed by atoms with E-state index in [1.807, 2.05) is 0 Å². The molecule has 0 bridgehead atoms. The van der Waals surface area contributed by atoms with Gasteiger partial charge >= 0.3 is 0 Å². The summed E-state index contributed by atoms with van der Waals surface area (Å²) in [7, 11) is 1.68. The maximum Gasteiger partial charge on any atom is 0.232 e. The molecule has 0 amide bonds. The zero-order valence-electron chi connectivity index (χ0n) is 10.3. The summed E-state index contributed by atoms with van der Waals surface area (Å²) in [6, 6.07) is 0. The van der Waals surface area contributed by atoms with Crippen molar-refractivity contribution >= 4 is 0 Å². The van der Waals surface area contributed by atoms with Crippen LogP contribution >= 0.6 is 0 Å². The van der Waals surface area contributed by atoms with Crippen LogP contribution in [0.5, 0.6) is 0 Å². The lowest BCUT2D eigenvalue weighted by Crippen LogP contribution is -2.22. The van der Waals surface area contributed by atoms with E-state index in [0.717, 1.165) is 44.3 Å². The predicted molar refractivity (Wildman–Crippen MR) is 61.7 cm³/mol. The first-order chi connectivity index (χ1) is 8.31. The summed E-state index contributed by atoms with van der Waals surface area (Å²) in [5.41, 5.74) is 0. The molecule has 96 valence electrons. The fourth-order valence-corrected chi connectivity index (χ4v) is 2.29. The van der Waals surface area contributed by atoms with Crippen LogP contribution in [0.1, 0.15) is 49.7 Å². The van der Waals surface area contributed by atoms with Gasteiger partial charge in [-0.15, -0.1) is 0 Å². The number of hydrogen-bond donors (Lipinski definition) is 1. The lowest BCUT2D eigenvalue weighted by molar-refractivity contribution is 0.0908. The first-order valence-corrected chi connectivity index (χ1v) is 6.30. The minimum atomic E-state index is -0.323. The summed E-state index contributed by atoms with van der Waals surface area (Å²) in [6.07, 6.45) is 5.33. The van der Waals surface area contributed by atoms with Crippen molar-refractivity contribution in [2.75, 3.05) is 13.7 Å². The molecule has 2 unspecified atom stereocenters. The molecule has 2 rings (SSSR count). The monoisotopic (exact) mass is 240 g/mol. The van der Waals surface area contributed by atoms with Crippen LogP contribution in [0, 0.1) is 0 Å². The molecule has 5 nitrogen and oxygen atoms in total. The van der Waals surface area contributed by atoms with Crippen LogP contribution in [0.4, 0.5) is 0 Å². The highest BCUT2D eigenvalue weighted by atomic mass is 16.5. The normalized spacial score (nSPS) is 25.1. The maximum absolute atomic E-state index is 9.90. The highest BCUT2D eigenvalue weighted by Gasteiger charge is 2.29. The van der Waals surface area contributed by atoms with Crippen LogP contribution in [-0.2, 0) is 11.2 Å². The van der Waals surface area contributed by atoms with E-state index in [0.29, 0.717) is 12.5 Å². The zero-order valence-corrected chi connectivity index (χ0v) is 10.3. The van der Waals surface area contributed by atoms with Gasteiger partial charge in [0, 0.05) is 20.1 Å². The largest absolute Gasteiger partial charge is 0.392 e. The van der Waals surface area contributed by atoms with Crippen molar-refractivity contribution in [3.8, 4) is 0 Å². The topological polar surface area (TPSA) is 68.4 Å². The molecule has 1 aliphatic carbocycles. The first-order valence-electron chi connectivity index (χ1n) is 6.30. The molecule has 0 aromatic carbocycles. The fourth-order valence-electron chi connectivity index (χ4n) is 2.29. The molecular formula is C12H20N2O3. The van der Waals surface area contributed by atoms with Gasteiger partial charge in [0.15, 0.2) is 5.82 Å². The second-order valence-electron chi connectivity index (χ2n) is 4.60. The SMILES string of the molecule is COCCCc1noc(C2CCCCC2O)n1.